The Balaban J connectivity index is 1.81. The van der Waals surface area contributed by atoms with Crippen LogP contribution in [-0.2, 0) is 7.05 Å². The van der Waals surface area contributed by atoms with Crippen molar-refractivity contribution in [2.24, 2.45) is 13.0 Å². The Morgan fingerprint density at radius 2 is 2.27 bits per heavy atom. The number of nitrogens with zero attached hydrogens (tertiary/aromatic N) is 2. The molecule has 0 unspecified atom stereocenters. The van der Waals surface area contributed by atoms with Crippen molar-refractivity contribution in [3.05, 3.63) is 52.2 Å². The second kappa shape index (κ2) is 5.76. The SMILES string of the molecule is Cn1cc([C@@H](NC(=O)c2cccc(=O)[nH]2)C2CC(O)C2)cn1. The average Bonchev–Trinajstić information content (AvgIpc) is 2.88. The molecule has 7 nitrogen and oxygen atoms in total. The first-order valence-electron chi connectivity index (χ1n) is 7.20. The van der Waals surface area contributed by atoms with Crippen LogP contribution < -0.4 is 10.9 Å². The molecular formula is C15H18N4O3. The smallest absolute Gasteiger partial charge is 0.268 e. The first kappa shape index (κ1) is 14.5. The number of aliphatic hydroxyl groups excluding tert-OH is 1. The lowest BCUT2D eigenvalue weighted by atomic mass is 9.75. The van der Waals surface area contributed by atoms with Gasteiger partial charge in [0, 0.05) is 24.9 Å². The fourth-order valence-electron chi connectivity index (χ4n) is 2.78. The molecule has 0 bridgehead atoms. The summed E-state index contributed by atoms with van der Waals surface area (Å²) in [5.41, 5.74) is 0.803. The predicted octanol–water partition coefficient (Wildman–Crippen LogP) is 0.350. The topological polar surface area (TPSA) is 100 Å². The summed E-state index contributed by atoms with van der Waals surface area (Å²) in [5.74, 6) is -0.175. The van der Waals surface area contributed by atoms with Gasteiger partial charge in [0.1, 0.15) is 5.69 Å². The third-order valence-corrected chi connectivity index (χ3v) is 4.00. The highest BCUT2D eigenvalue weighted by Gasteiger charge is 2.36. The monoisotopic (exact) mass is 302 g/mol. The molecule has 0 aliphatic heterocycles. The number of hydrogen-bond donors (Lipinski definition) is 3. The number of hydrogen-bond acceptors (Lipinski definition) is 4. The molecule has 3 rings (SSSR count). The van der Waals surface area contributed by atoms with E-state index in [1.54, 1.807) is 23.0 Å². The van der Waals surface area contributed by atoms with E-state index < -0.39 is 0 Å². The second-order valence-corrected chi connectivity index (χ2v) is 5.71. The highest BCUT2D eigenvalue weighted by atomic mass is 16.3. The number of carbonyl (C=O) groups excluding carboxylic acids is 1. The second-order valence-electron chi connectivity index (χ2n) is 5.71. The van der Waals surface area contributed by atoms with Gasteiger partial charge in [-0.05, 0) is 24.8 Å². The van der Waals surface area contributed by atoms with Crippen LogP contribution in [0.2, 0.25) is 0 Å². The Labute approximate surface area is 127 Å². The van der Waals surface area contributed by atoms with E-state index in [0.717, 1.165) is 5.56 Å². The number of amides is 1. The minimum atomic E-state index is -0.340. The van der Waals surface area contributed by atoms with Gasteiger partial charge in [0.25, 0.3) is 5.91 Å². The van der Waals surface area contributed by atoms with Gasteiger partial charge in [-0.2, -0.15) is 5.10 Å². The molecule has 2 aromatic heterocycles. The average molecular weight is 302 g/mol. The number of aliphatic hydroxyl groups is 1. The zero-order valence-corrected chi connectivity index (χ0v) is 12.2. The fourth-order valence-corrected chi connectivity index (χ4v) is 2.78. The van der Waals surface area contributed by atoms with Crippen molar-refractivity contribution in [1.29, 1.82) is 0 Å². The zero-order chi connectivity index (χ0) is 15.7. The summed E-state index contributed by atoms with van der Waals surface area (Å²) in [6, 6.07) is 4.23. The summed E-state index contributed by atoms with van der Waals surface area (Å²) in [6.07, 6.45) is 4.54. The third-order valence-electron chi connectivity index (χ3n) is 4.00. The Bertz CT molecular complexity index is 730. The van der Waals surface area contributed by atoms with Gasteiger partial charge in [-0.25, -0.2) is 0 Å². The van der Waals surface area contributed by atoms with Crippen LogP contribution in [0.15, 0.2) is 35.4 Å². The molecular weight excluding hydrogens is 284 g/mol. The van der Waals surface area contributed by atoms with Crippen LogP contribution >= 0.6 is 0 Å². The molecule has 0 saturated heterocycles. The van der Waals surface area contributed by atoms with Crippen LogP contribution in [0.4, 0.5) is 0 Å². The fraction of sp³-hybridized carbons (Fsp3) is 0.400. The highest BCUT2D eigenvalue weighted by Crippen LogP contribution is 2.38. The molecule has 0 aromatic carbocycles. The lowest BCUT2D eigenvalue weighted by Crippen LogP contribution is -2.41. The largest absolute Gasteiger partial charge is 0.393 e. The summed E-state index contributed by atoms with van der Waals surface area (Å²) < 4.78 is 1.67. The van der Waals surface area contributed by atoms with Crippen molar-refractivity contribution in [3.63, 3.8) is 0 Å². The van der Waals surface area contributed by atoms with Gasteiger partial charge >= 0.3 is 0 Å². The van der Waals surface area contributed by atoms with E-state index in [2.05, 4.69) is 15.4 Å². The molecule has 1 atom stereocenters. The van der Waals surface area contributed by atoms with E-state index in [1.165, 1.54) is 6.07 Å². The van der Waals surface area contributed by atoms with Crippen molar-refractivity contribution in [1.82, 2.24) is 20.1 Å². The maximum Gasteiger partial charge on any atom is 0.268 e. The maximum absolute atomic E-state index is 12.3. The number of nitrogens with one attached hydrogen (secondary N) is 2. The van der Waals surface area contributed by atoms with E-state index in [-0.39, 0.29) is 35.2 Å². The van der Waals surface area contributed by atoms with Gasteiger partial charge in [-0.1, -0.05) is 6.07 Å². The minimum absolute atomic E-state index is 0.165. The Morgan fingerprint density at radius 1 is 1.50 bits per heavy atom. The molecule has 116 valence electrons. The Hall–Kier alpha value is -2.41. The molecule has 2 aromatic rings. The summed E-state index contributed by atoms with van der Waals surface area (Å²) in [6.45, 7) is 0. The van der Waals surface area contributed by atoms with Gasteiger partial charge in [-0.3, -0.25) is 14.3 Å². The van der Waals surface area contributed by atoms with Crippen LogP contribution in [-0.4, -0.2) is 31.9 Å². The molecule has 1 aliphatic rings. The Kier molecular flexibility index (Phi) is 3.81. The molecule has 2 heterocycles. The molecule has 1 amide bonds. The molecule has 3 N–H and O–H groups in total. The van der Waals surface area contributed by atoms with Gasteiger partial charge in [-0.15, -0.1) is 0 Å². The maximum atomic E-state index is 12.3. The number of aromatic nitrogens is 3. The van der Waals surface area contributed by atoms with E-state index >= 15 is 0 Å². The molecule has 1 saturated carbocycles. The van der Waals surface area contributed by atoms with Crippen molar-refractivity contribution < 1.29 is 9.90 Å². The summed E-state index contributed by atoms with van der Waals surface area (Å²) >= 11 is 0. The van der Waals surface area contributed by atoms with E-state index in [9.17, 15) is 14.7 Å². The van der Waals surface area contributed by atoms with Crippen LogP contribution in [0.25, 0.3) is 0 Å². The number of aromatic amines is 1. The molecule has 1 aliphatic carbocycles. The van der Waals surface area contributed by atoms with Crippen molar-refractivity contribution >= 4 is 5.91 Å². The van der Waals surface area contributed by atoms with Gasteiger partial charge in [0.05, 0.1) is 18.3 Å². The zero-order valence-electron chi connectivity index (χ0n) is 12.2. The van der Waals surface area contributed by atoms with E-state index in [4.69, 9.17) is 0 Å². The van der Waals surface area contributed by atoms with Gasteiger partial charge in [0.15, 0.2) is 0 Å². The van der Waals surface area contributed by atoms with Gasteiger partial charge in [0.2, 0.25) is 5.56 Å². The predicted molar refractivity (Wildman–Crippen MR) is 79.2 cm³/mol. The summed E-state index contributed by atoms with van der Waals surface area (Å²) in [5, 5.41) is 16.6. The number of aryl methyl sites for hydroxylation is 1. The standard InChI is InChI=1S/C15H18N4O3/c1-19-8-10(7-16-19)14(9-5-11(20)6-9)18-15(22)12-3-2-4-13(21)17-12/h2-4,7-9,11,14,20H,5-6H2,1H3,(H,17,21)(H,18,22)/t9?,11?,14-/m0/s1. The first-order chi connectivity index (χ1) is 10.5. The third kappa shape index (κ3) is 2.94. The van der Waals surface area contributed by atoms with Crippen LogP contribution in [0.5, 0.6) is 0 Å². The quantitative estimate of drug-likeness (QED) is 0.758. The summed E-state index contributed by atoms with van der Waals surface area (Å²) in [4.78, 5) is 26.2. The minimum Gasteiger partial charge on any atom is -0.393 e. The number of carbonyl (C=O) groups is 1. The normalized spacial score (nSPS) is 21.9. The number of H-pyrrole nitrogens is 1. The molecule has 0 radical (unpaired) electrons. The lowest BCUT2D eigenvalue weighted by Gasteiger charge is -2.37. The first-order valence-corrected chi connectivity index (χ1v) is 7.20. The molecule has 1 fully saturated rings. The molecule has 22 heavy (non-hydrogen) atoms. The number of pyridine rings is 1. The highest BCUT2D eigenvalue weighted by molar-refractivity contribution is 5.92. The van der Waals surface area contributed by atoms with Crippen molar-refractivity contribution in [2.45, 2.75) is 25.0 Å². The van der Waals surface area contributed by atoms with E-state index in [1.807, 2.05) is 13.2 Å². The van der Waals surface area contributed by atoms with Crippen LogP contribution in [0.3, 0.4) is 0 Å². The van der Waals surface area contributed by atoms with Crippen LogP contribution in [0, 0.1) is 5.92 Å². The van der Waals surface area contributed by atoms with Crippen LogP contribution in [0.1, 0.15) is 34.9 Å². The van der Waals surface area contributed by atoms with E-state index in [0.29, 0.717) is 12.8 Å². The molecule has 7 heteroatoms. The van der Waals surface area contributed by atoms with Gasteiger partial charge < -0.3 is 15.4 Å². The summed E-state index contributed by atoms with van der Waals surface area (Å²) in [7, 11) is 1.81. The van der Waals surface area contributed by atoms with Crippen molar-refractivity contribution in [2.75, 3.05) is 0 Å². The lowest BCUT2D eigenvalue weighted by molar-refractivity contribution is 0.0234. The van der Waals surface area contributed by atoms with Crippen molar-refractivity contribution in [3.8, 4) is 0 Å². The molecule has 0 spiro atoms. The Morgan fingerprint density at radius 3 is 2.86 bits per heavy atom. The number of rotatable bonds is 4.